The standard InChI is InChI=1S/C27H37N3O3/c1-3-4-5-6-7-8-9-10-26(31)28-20-27(32)30-29-19-23-15-17-25(18-16-23)33-21-24-13-11-22(2)12-14-24/h11-19H,3-10,20-21H2,1-2H3,(H,28,31)(H,30,32)/b29-19-. The Balaban J connectivity index is 1.58. The summed E-state index contributed by atoms with van der Waals surface area (Å²) in [5.41, 5.74) is 5.60. The summed E-state index contributed by atoms with van der Waals surface area (Å²) in [6.45, 7) is 4.70. The molecule has 2 aromatic carbocycles. The Bertz CT molecular complexity index is 861. The molecule has 0 atom stereocenters. The summed E-state index contributed by atoms with van der Waals surface area (Å²) in [5.74, 6) is 0.321. The van der Waals surface area contributed by atoms with E-state index in [9.17, 15) is 9.59 Å². The number of carbonyl (C=O) groups excluding carboxylic acids is 2. The van der Waals surface area contributed by atoms with Crippen LogP contribution >= 0.6 is 0 Å². The summed E-state index contributed by atoms with van der Waals surface area (Å²) in [5, 5.41) is 6.58. The van der Waals surface area contributed by atoms with Crippen molar-refractivity contribution in [1.29, 1.82) is 0 Å². The predicted molar refractivity (Wildman–Crippen MR) is 133 cm³/mol. The van der Waals surface area contributed by atoms with Gasteiger partial charge in [0.2, 0.25) is 5.91 Å². The molecule has 33 heavy (non-hydrogen) atoms. The van der Waals surface area contributed by atoms with Crippen LogP contribution in [-0.2, 0) is 16.2 Å². The van der Waals surface area contributed by atoms with Crippen molar-refractivity contribution in [2.75, 3.05) is 6.54 Å². The minimum Gasteiger partial charge on any atom is -0.489 e. The number of nitrogens with zero attached hydrogens (tertiary/aromatic N) is 1. The maximum atomic E-state index is 11.8. The lowest BCUT2D eigenvalue weighted by Gasteiger charge is -2.07. The maximum absolute atomic E-state index is 11.8. The van der Waals surface area contributed by atoms with E-state index in [-0.39, 0.29) is 18.4 Å². The number of hydrogen-bond acceptors (Lipinski definition) is 4. The second kappa shape index (κ2) is 15.6. The van der Waals surface area contributed by atoms with Crippen molar-refractivity contribution in [1.82, 2.24) is 10.7 Å². The van der Waals surface area contributed by atoms with Crippen LogP contribution in [0.15, 0.2) is 53.6 Å². The molecule has 2 N–H and O–H groups in total. The molecule has 0 fully saturated rings. The fourth-order valence-corrected chi connectivity index (χ4v) is 3.23. The SMILES string of the molecule is CCCCCCCCCC(=O)NCC(=O)N/N=C\c1ccc(OCc2ccc(C)cc2)cc1. The molecule has 0 unspecified atom stereocenters. The number of carbonyl (C=O) groups is 2. The lowest BCUT2D eigenvalue weighted by molar-refractivity contribution is -0.126. The average molecular weight is 452 g/mol. The van der Waals surface area contributed by atoms with E-state index in [2.05, 4.69) is 54.0 Å². The summed E-state index contributed by atoms with van der Waals surface area (Å²) in [6.07, 6.45) is 10.1. The zero-order valence-electron chi connectivity index (χ0n) is 19.9. The molecule has 0 aliphatic carbocycles. The summed E-state index contributed by atoms with van der Waals surface area (Å²) in [6, 6.07) is 15.7. The third kappa shape index (κ3) is 11.9. The van der Waals surface area contributed by atoms with Gasteiger partial charge < -0.3 is 10.1 Å². The number of rotatable bonds is 15. The van der Waals surface area contributed by atoms with Crippen LogP contribution in [0.5, 0.6) is 5.75 Å². The molecule has 0 heterocycles. The number of hydrogen-bond donors (Lipinski definition) is 2. The number of hydrazone groups is 1. The minimum atomic E-state index is -0.350. The molecule has 6 nitrogen and oxygen atoms in total. The van der Waals surface area contributed by atoms with Gasteiger partial charge in [-0.15, -0.1) is 0 Å². The fraction of sp³-hybridized carbons (Fsp3) is 0.444. The Kier molecular flexibility index (Phi) is 12.4. The highest BCUT2D eigenvalue weighted by Crippen LogP contribution is 2.14. The van der Waals surface area contributed by atoms with Crippen LogP contribution in [0.3, 0.4) is 0 Å². The normalized spacial score (nSPS) is 10.8. The summed E-state index contributed by atoms with van der Waals surface area (Å²) in [7, 11) is 0. The molecule has 0 saturated heterocycles. The molecule has 0 bridgehead atoms. The van der Waals surface area contributed by atoms with Crippen LogP contribution in [0, 0.1) is 6.92 Å². The molecule has 0 aliphatic rings. The molecule has 0 spiro atoms. The molecular formula is C27H37N3O3. The van der Waals surface area contributed by atoms with Crippen LogP contribution in [-0.4, -0.2) is 24.6 Å². The number of aryl methyl sites for hydroxylation is 1. The van der Waals surface area contributed by atoms with Gasteiger partial charge in [-0.3, -0.25) is 9.59 Å². The molecule has 0 aromatic heterocycles. The molecule has 2 rings (SSSR count). The highest BCUT2D eigenvalue weighted by molar-refractivity contribution is 5.86. The van der Waals surface area contributed by atoms with Gasteiger partial charge in [0.15, 0.2) is 0 Å². The molecule has 2 aromatic rings. The molecule has 2 amide bonds. The van der Waals surface area contributed by atoms with Gasteiger partial charge in [0.05, 0.1) is 12.8 Å². The van der Waals surface area contributed by atoms with Gasteiger partial charge in [0.1, 0.15) is 12.4 Å². The Morgan fingerprint density at radius 2 is 1.55 bits per heavy atom. The Labute approximate surface area is 197 Å². The second-order valence-electron chi connectivity index (χ2n) is 8.28. The van der Waals surface area contributed by atoms with Crippen molar-refractivity contribution in [3.63, 3.8) is 0 Å². The highest BCUT2D eigenvalue weighted by atomic mass is 16.5. The zero-order chi connectivity index (χ0) is 23.7. The van der Waals surface area contributed by atoms with Crippen LogP contribution in [0.4, 0.5) is 0 Å². The lowest BCUT2D eigenvalue weighted by atomic mass is 10.1. The van der Waals surface area contributed by atoms with Crippen LogP contribution in [0.25, 0.3) is 0 Å². The fourth-order valence-electron chi connectivity index (χ4n) is 3.23. The first-order valence-electron chi connectivity index (χ1n) is 11.9. The summed E-state index contributed by atoms with van der Waals surface area (Å²) in [4.78, 5) is 23.7. The predicted octanol–water partition coefficient (Wildman–Crippen LogP) is 5.28. The third-order valence-corrected chi connectivity index (χ3v) is 5.26. The van der Waals surface area contributed by atoms with E-state index >= 15 is 0 Å². The number of ether oxygens (including phenoxy) is 1. The van der Waals surface area contributed by atoms with E-state index in [1.54, 1.807) is 6.21 Å². The van der Waals surface area contributed by atoms with E-state index in [0.29, 0.717) is 13.0 Å². The van der Waals surface area contributed by atoms with Crippen LogP contribution in [0.2, 0.25) is 0 Å². The van der Waals surface area contributed by atoms with Gasteiger partial charge in [-0.2, -0.15) is 5.10 Å². The number of benzene rings is 2. The van der Waals surface area contributed by atoms with Crippen molar-refractivity contribution in [2.45, 2.75) is 71.8 Å². The van der Waals surface area contributed by atoms with E-state index in [4.69, 9.17) is 4.74 Å². The monoisotopic (exact) mass is 451 g/mol. The van der Waals surface area contributed by atoms with E-state index < -0.39 is 0 Å². The summed E-state index contributed by atoms with van der Waals surface area (Å²) >= 11 is 0. The number of unbranched alkanes of at least 4 members (excludes halogenated alkanes) is 6. The van der Waals surface area contributed by atoms with Crippen molar-refractivity contribution in [3.05, 3.63) is 65.2 Å². The molecule has 178 valence electrons. The minimum absolute atomic E-state index is 0.0710. The van der Waals surface area contributed by atoms with Gasteiger partial charge in [0.25, 0.3) is 5.91 Å². The van der Waals surface area contributed by atoms with E-state index in [1.165, 1.54) is 37.7 Å². The van der Waals surface area contributed by atoms with Gasteiger partial charge in [-0.1, -0.05) is 75.3 Å². The van der Waals surface area contributed by atoms with Crippen molar-refractivity contribution >= 4 is 18.0 Å². The topological polar surface area (TPSA) is 79.8 Å². The molecule has 6 heteroatoms. The van der Waals surface area contributed by atoms with Crippen LogP contribution < -0.4 is 15.5 Å². The van der Waals surface area contributed by atoms with Crippen molar-refractivity contribution in [2.24, 2.45) is 5.10 Å². The first kappa shape index (κ1) is 26.1. The number of amides is 2. The van der Waals surface area contributed by atoms with Crippen molar-refractivity contribution in [3.8, 4) is 5.75 Å². The molecule has 0 radical (unpaired) electrons. The Hall–Kier alpha value is -3.15. The smallest absolute Gasteiger partial charge is 0.259 e. The van der Waals surface area contributed by atoms with Crippen molar-refractivity contribution < 1.29 is 14.3 Å². The van der Waals surface area contributed by atoms with E-state index in [1.807, 2.05) is 24.3 Å². The molecule has 0 saturated carbocycles. The maximum Gasteiger partial charge on any atom is 0.259 e. The summed E-state index contributed by atoms with van der Waals surface area (Å²) < 4.78 is 5.79. The average Bonchev–Trinajstić information content (AvgIpc) is 2.82. The zero-order valence-corrected chi connectivity index (χ0v) is 19.9. The van der Waals surface area contributed by atoms with Gasteiger partial charge in [-0.25, -0.2) is 5.43 Å². The number of nitrogens with one attached hydrogen (secondary N) is 2. The van der Waals surface area contributed by atoms with Gasteiger partial charge >= 0.3 is 0 Å². The van der Waals surface area contributed by atoms with E-state index in [0.717, 1.165) is 29.7 Å². The quantitative estimate of drug-likeness (QED) is 0.220. The second-order valence-corrected chi connectivity index (χ2v) is 8.28. The molecular weight excluding hydrogens is 414 g/mol. The third-order valence-electron chi connectivity index (χ3n) is 5.26. The Morgan fingerprint density at radius 3 is 2.24 bits per heavy atom. The first-order valence-corrected chi connectivity index (χ1v) is 11.9. The van der Waals surface area contributed by atoms with Gasteiger partial charge in [0, 0.05) is 6.42 Å². The first-order chi connectivity index (χ1) is 16.1. The largest absolute Gasteiger partial charge is 0.489 e. The molecule has 0 aliphatic heterocycles. The van der Waals surface area contributed by atoms with Gasteiger partial charge in [-0.05, 0) is 48.7 Å². The lowest BCUT2D eigenvalue weighted by Crippen LogP contribution is -2.34. The Morgan fingerprint density at radius 1 is 0.879 bits per heavy atom. The van der Waals surface area contributed by atoms with Crippen LogP contribution in [0.1, 0.15) is 75.0 Å². The highest BCUT2D eigenvalue weighted by Gasteiger charge is 2.04.